The molecule has 1 atom stereocenters. The molecule has 2 N–H and O–H groups in total. The van der Waals surface area contributed by atoms with Crippen LogP contribution in [0.4, 0.5) is 4.39 Å². The van der Waals surface area contributed by atoms with Crippen molar-refractivity contribution in [3.05, 3.63) is 70.5 Å². The predicted molar refractivity (Wildman–Crippen MR) is 107 cm³/mol. The van der Waals surface area contributed by atoms with Gasteiger partial charge in [0.15, 0.2) is 0 Å². The highest BCUT2D eigenvalue weighted by Crippen LogP contribution is 2.27. The second kappa shape index (κ2) is 8.44. The molecule has 0 radical (unpaired) electrons. The molecule has 4 amide bonds. The number of hydrogen-bond acceptors (Lipinski definition) is 4. The van der Waals surface area contributed by atoms with Crippen molar-refractivity contribution in [2.45, 2.75) is 25.8 Å². The van der Waals surface area contributed by atoms with Crippen molar-refractivity contribution >= 4 is 23.6 Å². The maximum absolute atomic E-state index is 13.6. The fourth-order valence-corrected chi connectivity index (χ4v) is 3.52. The zero-order valence-corrected chi connectivity index (χ0v) is 16.7. The zero-order valence-electron chi connectivity index (χ0n) is 16.7. The van der Waals surface area contributed by atoms with E-state index in [0.717, 1.165) is 17.4 Å². The molecule has 2 aromatic carbocycles. The van der Waals surface area contributed by atoms with Gasteiger partial charge < -0.3 is 10.6 Å². The number of hydrogen-bond donors (Lipinski definition) is 1. The van der Waals surface area contributed by atoms with E-state index in [1.54, 1.807) is 0 Å². The highest BCUT2D eigenvalue weighted by atomic mass is 19.1. The van der Waals surface area contributed by atoms with Gasteiger partial charge in [0, 0.05) is 19.2 Å². The largest absolute Gasteiger partial charge is 0.368 e. The molecular weight excluding hydrogens is 389 g/mol. The lowest BCUT2D eigenvalue weighted by atomic mass is 10.0. The Hall–Kier alpha value is -3.55. The van der Waals surface area contributed by atoms with Crippen molar-refractivity contribution in [2.75, 3.05) is 13.6 Å². The zero-order chi connectivity index (χ0) is 22.0. The van der Waals surface area contributed by atoms with Gasteiger partial charge >= 0.3 is 0 Å². The van der Waals surface area contributed by atoms with Crippen molar-refractivity contribution in [3.8, 4) is 0 Å². The van der Waals surface area contributed by atoms with Gasteiger partial charge in [0.1, 0.15) is 11.9 Å². The molecule has 1 unspecified atom stereocenters. The molecule has 0 spiro atoms. The molecule has 0 aromatic heterocycles. The summed E-state index contributed by atoms with van der Waals surface area (Å²) in [5.74, 6) is -2.80. The Balaban J connectivity index is 1.91. The summed E-state index contributed by atoms with van der Waals surface area (Å²) in [6, 6.07) is 8.29. The van der Waals surface area contributed by atoms with Gasteiger partial charge in [0.25, 0.3) is 17.7 Å². The number of carbonyl (C=O) groups excluding carboxylic acids is 4. The van der Waals surface area contributed by atoms with Crippen LogP contribution in [0.5, 0.6) is 0 Å². The molecule has 3 rings (SSSR count). The Kier molecular flexibility index (Phi) is 5.96. The first kappa shape index (κ1) is 21.2. The molecule has 0 aliphatic carbocycles. The van der Waals surface area contributed by atoms with Crippen LogP contribution >= 0.6 is 0 Å². The third kappa shape index (κ3) is 3.80. The predicted octanol–water partition coefficient (Wildman–Crippen LogP) is 2.52. The van der Waals surface area contributed by atoms with E-state index in [9.17, 15) is 23.6 Å². The average molecular weight is 411 g/mol. The van der Waals surface area contributed by atoms with Crippen LogP contribution in [0.15, 0.2) is 42.5 Å². The molecule has 0 bridgehead atoms. The maximum Gasteiger partial charge on any atom is 0.261 e. The van der Waals surface area contributed by atoms with Gasteiger partial charge in [-0.3, -0.25) is 24.1 Å². The van der Waals surface area contributed by atoms with Crippen LogP contribution in [0, 0.1) is 5.82 Å². The highest BCUT2D eigenvalue weighted by molar-refractivity contribution is 6.22. The summed E-state index contributed by atoms with van der Waals surface area (Å²) >= 11 is 0. The minimum Gasteiger partial charge on any atom is -0.368 e. The number of unbranched alkanes of at least 4 members (excludes halogenated alkanes) is 1. The minimum absolute atomic E-state index is 0.123. The monoisotopic (exact) mass is 411 g/mol. The summed E-state index contributed by atoms with van der Waals surface area (Å²) in [4.78, 5) is 52.4. The van der Waals surface area contributed by atoms with Gasteiger partial charge in [0.2, 0.25) is 5.91 Å². The summed E-state index contributed by atoms with van der Waals surface area (Å²) in [5.41, 5.74) is 6.22. The van der Waals surface area contributed by atoms with Crippen LogP contribution in [0.25, 0.3) is 0 Å². The Morgan fingerprint density at radius 2 is 1.80 bits per heavy atom. The van der Waals surface area contributed by atoms with E-state index in [0.29, 0.717) is 13.0 Å². The lowest BCUT2D eigenvalue weighted by Gasteiger charge is -2.26. The van der Waals surface area contributed by atoms with E-state index in [4.69, 9.17) is 5.73 Å². The van der Waals surface area contributed by atoms with E-state index in [-0.39, 0.29) is 28.2 Å². The molecule has 1 heterocycles. The fourth-order valence-electron chi connectivity index (χ4n) is 3.52. The second-order valence-corrected chi connectivity index (χ2v) is 7.15. The van der Waals surface area contributed by atoms with E-state index in [1.807, 2.05) is 6.92 Å². The van der Waals surface area contributed by atoms with Crippen LogP contribution < -0.4 is 5.73 Å². The second-order valence-electron chi connectivity index (χ2n) is 7.15. The quantitative estimate of drug-likeness (QED) is 0.708. The van der Waals surface area contributed by atoms with Crippen molar-refractivity contribution < 1.29 is 23.6 Å². The maximum atomic E-state index is 13.6. The molecule has 0 saturated heterocycles. The fraction of sp³-hybridized carbons (Fsp3) is 0.273. The van der Waals surface area contributed by atoms with Crippen molar-refractivity contribution in [1.29, 1.82) is 0 Å². The molecule has 30 heavy (non-hydrogen) atoms. The minimum atomic E-state index is -1.19. The number of imide groups is 1. The van der Waals surface area contributed by atoms with Crippen LogP contribution in [0.1, 0.15) is 62.4 Å². The van der Waals surface area contributed by atoms with Crippen LogP contribution in [-0.4, -0.2) is 47.0 Å². The van der Waals surface area contributed by atoms with E-state index in [1.165, 1.54) is 48.3 Å². The smallest absolute Gasteiger partial charge is 0.261 e. The molecule has 1 aliphatic rings. The number of carbonyl (C=O) groups is 4. The molecule has 1 aliphatic heterocycles. The number of rotatable bonds is 7. The van der Waals surface area contributed by atoms with Gasteiger partial charge in [-0.05, 0) is 42.3 Å². The molecule has 0 saturated carbocycles. The number of halogens is 1. The van der Waals surface area contributed by atoms with E-state index in [2.05, 4.69) is 0 Å². The van der Waals surface area contributed by atoms with E-state index >= 15 is 0 Å². The number of amides is 4. The highest BCUT2D eigenvalue weighted by Gasteiger charge is 2.36. The number of benzene rings is 2. The molecule has 7 nitrogen and oxygen atoms in total. The number of likely N-dealkylation sites (N-methyl/N-ethyl adjacent to an activating group) is 1. The van der Waals surface area contributed by atoms with Gasteiger partial charge in [-0.25, -0.2) is 4.39 Å². The third-order valence-electron chi connectivity index (χ3n) is 5.09. The Morgan fingerprint density at radius 3 is 2.43 bits per heavy atom. The van der Waals surface area contributed by atoms with Gasteiger partial charge in [-0.15, -0.1) is 0 Å². The normalized spacial score (nSPS) is 13.9. The van der Waals surface area contributed by atoms with Crippen LogP contribution in [0.2, 0.25) is 0 Å². The third-order valence-corrected chi connectivity index (χ3v) is 5.09. The number of nitrogens with two attached hydrogens (primary N) is 1. The van der Waals surface area contributed by atoms with E-state index < -0.39 is 29.6 Å². The molecule has 8 heteroatoms. The average Bonchev–Trinajstić information content (AvgIpc) is 2.95. The number of primary amides is 1. The Morgan fingerprint density at radius 1 is 1.10 bits per heavy atom. The SMILES string of the molecule is CCCCN1C(=O)c2ccc(C(=O)N(C)C(C(N)=O)c3cccc(F)c3)cc2C1=O. The van der Waals surface area contributed by atoms with Crippen LogP contribution in [0.3, 0.4) is 0 Å². The van der Waals surface area contributed by atoms with Crippen molar-refractivity contribution in [2.24, 2.45) is 5.73 Å². The van der Waals surface area contributed by atoms with Crippen LogP contribution in [-0.2, 0) is 4.79 Å². The number of nitrogens with zero attached hydrogens (tertiary/aromatic N) is 2. The first-order valence-corrected chi connectivity index (χ1v) is 9.58. The topological polar surface area (TPSA) is 101 Å². The molecule has 156 valence electrons. The lowest BCUT2D eigenvalue weighted by molar-refractivity contribution is -0.122. The first-order valence-electron chi connectivity index (χ1n) is 9.58. The van der Waals surface area contributed by atoms with Gasteiger partial charge in [-0.1, -0.05) is 25.5 Å². The Labute approximate surface area is 173 Å². The summed E-state index contributed by atoms with van der Waals surface area (Å²) < 4.78 is 13.6. The van der Waals surface area contributed by atoms with Crippen molar-refractivity contribution in [3.63, 3.8) is 0 Å². The molecule has 0 fully saturated rings. The summed E-state index contributed by atoms with van der Waals surface area (Å²) in [7, 11) is 1.37. The van der Waals surface area contributed by atoms with Gasteiger partial charge in [-0.2, -0.15) is 0 Å². The summed E-state index contributed by atoms with van der Waals surface area (Å²) in [6.07, 6.45) is 1.52. The van der Waals surface area contributed by atoms with Crippen molar-refractivity contribution in [1.82, 2.24) is 9.80 Å². The summed E-state index contributed by atoms with van der Waals surface area (Å²) in [5, 5.41) is 0. The lowest BCUT2D eigenvalue weighted by Crippen LogP contribution is -2.39. The standard InChI is InChI=1S/C22H22FN3O4/c1-3-4-10-26-21(29)16-9-8-14(12-17(16)22(26)30)20(28)25(2)18(19(24)27)13-6-5-7-15(23)11-13/h5-9,11-12,18H,3-4,10H2,1-2H3,(H2,24,27). The molecule has 2 aromatic rings. The molecular formula is C22H22FN3O4. The van der Waals surface area contributed by atoms with Gasteiger partial charge in [0.05, 0.1) is 11.1 Å². The Bertz CT molecular complexity index is 1040. The summed E-state index contributed by atoms with van der Waals surface area (Å²) in [6.45, 7) is 2.27. The first-order chi connectivity index (χ1) is 14.3. The number of fused-ring (bicyclic) bond motifs is 1.